The van der Waals surface area contributed by atoms with Crippen molar-refractivity contribution >= 4 is 41.0 Å². The van der Waals surface area contributed by atoms with Gasteiger partial charge in [-0.2, -0.15) is 0 Å². The lowest BCUT2D eigenvalue weighted by atomic mass is 9.67. The Morgan fingerprint density at radius 1 is 1.27 bits per heavy atom. The van der Waals surface area contributed by atoms with E-state index in [4.69, 9.17) is 23.2 Å². The monoisotopic (exact) mass is 453 g/mol. The summed E-state index contributed by atoms with van der Waals surface area (Å²) in [6, 6.07) is 4.16. The summed E-state index contributed by atoms with van der Waals surface area (Å²) in [5, 5.41) is 6.62. The molecule has 1 unspecified atom stereocenters. The standard InChI is InChI=1S/C22H29Cl2N3O3/c1-13(16-6-5-15(23)11-17(16)24)25-18(28)12-27-19(29)22(26-20(27)30)9-7-14(8-10-22)21(2,3)4/h5-6,11,13-14H,7-10,12H2,1-4H3,(H,25,28)(H,26,30). The quantitative estimate of drug-likeness (QED) is 0.648. The van der Waals surface area contributed by atoms with Crippen LogP contribution < -0.4 is 10.6 Å². The van der Waals surface area contributed by atoms with Crippen LogP contribution in [0.15, 0.2) is 18.2 Å². The number of carbonyl (C=O) groups is 3. The topological polar surface area (TPSA) is 78.5 Å². The molecule has 1 aromatic rings. The molecular weight excluding hydrogens is 425 g/mol. The van der Waals surface area contributed by atoms with Crippen LogP contribution >= 0.6 is 23.2 Å². The first-order chi connectivity index (χ1) is 13.9. The second-order valence-electron chi connectivity index (χ2n) is 9.50. The lowest BCUT2D eigenvalue weighted by molar-refractivity contribution is -0.136. The average Bonchev–Trinajstić information content (AvgIpc) is 2.85. The number of hydrogen-bond acceptors (Lipinski definition) is 3. The average molecular weight is 454 g/mol. The zero-order valence-corrected chi connectivity index (χ0v) is 19.4. The first-order valence-corrected chi connectivity index (χ1v) is 11.1. The highest BCUT2D eigenvalue weighted by atomic mass is 35.5. The summed E-state index contributed by atoms with van der Waals surface area (Å²) in [4.78, 5) is 39.1. The van der Waals surface area contributed by atoms with E-state index in [1.165, 1.54) is 0 Å². The van der Waals surface area contributed by atoms with E-state index in [0.717, 1.165) is 17.7 Å². The molecule has 0 radical (unpaired) electrons. The highest BCUT2D eigenvalue weighted by Gasteiger charge is 2.53. The number of nitrogens with zero attached hydrogens (tertiary/aromatic N) is 1. The van der Waals surface area contributed by atoms with Gasteiger partial charge in [0.1, 0.15) is 12.1 Å². The minimum atomic E-state index is -0.871. The van der Waals surface area contributed by atoms with E-state index in [1.54, 1.807) is 25.1 Å². The fraction of sp³-hybridized carbons (Fsp3) is 0.591. The second kappa shape index (κ2) is 8.39. The summed E-state index contributed by atoms with van der Waals surface area (Å²) in [5.74, 6) is -0.209. The highest BCUT2D eigenvalue weighted by Crippen LogP contribution is 2.43. The number of urea groups is 1. The summed E-state index contributed by atoms with van der Waals surface area (Å²) in [6.07, 6.45) is 2.96. The maximum atomic E-state index is 13.1. The smallest absolute Gasteiger partial charge is 0.325 e. The Bertz CT molecular complexity index is 858. The van der Waals surface area contributed by atoms with Crippen molar-refractivity contribution in [3.05, 3.63) is 33.8 Å². The number of imide groups is 1. The molecule has 1 aliphatic heterocycles. The Kier molecular flexibility index (Phi) is 6.40. The first-order valence-electron chi connectivity index (χ1n) is 10.3. The summed E-state index contributed by atoms with van der Waals surface area (Å²) in [5.41, 5.74) is 0.0134. The molecule has 0 aromatic heterocycles. The Hall–Kier alpha value is -1.79. The van der Waals surface area contributed by atoms with E-state index in [-0.39, 0.29) is 23.9 Å². The van der Waals surface area contributed by atoms with Crippen molar-refractivity contribution in [3.63, 3.8) is 0 Å². The van der Waals surface area contributed by atoms with E-state index in [0.29, 0.717) is 34.4 Å². The molecule has 4 amide bonds. The van der Waals surface area contributed by atoms with Crippen molar-refractivity contribution < 1.29 is 14.4 Å². The van der Waals surface area contributed by atoms with Crippen LogP contribution in [0.25, 0.3) is 0 Å². The van der Waals surface area contributed by atoms with E-state index >= 15 is 0 Å². The molecule has 2 N–H and O–H groups in total. The molecule has 3 rings (SSSR count). The van der Waals surface area contributed by atoms with Gasteiger partial charge in [-0.05, 0) is 61.6 Å². The molecule has 2 aliphatic rings. The van der Waals surface area contributed by atoms with Gasteiger partial charge in [-0.15, -0.1) is 0 Å². The van der Waals surface area contributed by atoms with Gasteiger partial charge in [-0.25, -0.2) is 4.79 Å². The Morgan fingerprint density at radius 3 is 2.47 bits per heavy atom. The number of benzene rings is 1. The molecular formula is C22H29Cl2N3O3. The lowest BCUT2D eigenvalue weighted by Gasteiger charge is -2.40. The Balaban J connectivity index is 1.62. The largest absolute Gasteiger partial charge is 0.348 e. The summed E-state index contributed by atoms with van der Waals surface area (Å²) >= 11 is 12.1. The van der Waals surface area contributed by atoms with Gasteiger partial charge in [0.05, 0.1) is 6.04 Å². The summed E-state index contributed by atoms with van der Waals surface area (Å²) in [7, 11) is 0. The van der Waals surface area contributed by atoms with Crippen molar-refractivity contribution in [2.75, 3.05) is 6.54 Å². The summed E-state index contributed by atoms with van der Waals surface area (Å²) in [6.45, 7) is 8.08. The van der Waals surface area contributed by atoms with Crippen molar-refractivity contribution in [1.82, 2.24) is 15.5 Å². The van der Waals surface area contributed by atoms with Gasteiger partial charge in [0.25, 0.3) is 5.91 Å². The van der Waals surface area contributed by atoms with Gasteiger partial charge in [-0.1, -0.05) is 50.0 Å². The van der Waals surface area contributed by atoms with Gasteiger partial charge in [0.2, 0.25) is 5.91 Å². The normalized spacial score (nSPS) is 25.4. The Morgan fingerprint density at radius 2 is 1.90 bits per heavy atom. The SMILES string of the molecule is CC(NC(=O)CN1C(=O)NC2(CCC(C(C)(C)C)CC2)C1=O)c1ccc(Cl)cc1Cl. The number of halogens is 2. The third-order valence-electron chi connectivity index (χ3n) is 6.42. The highest BCUT2D eigenvalue weighted by molar-refractivity contribution is 6.35. The lowest BCUT2D eigenvalue weighted by Crippen LogP contribution is -2.51. The molecule has 1 aliphatic carbocycles. The number of rotatable bonds is 4. The van der Waals surface area contributed by atoms with Gasteiger partial charge < -0.3 is 10.6 Å². The summed E-state index contributed by atoms with van der Waals surface area (Å²) < 4.78 is 0. The molecule has 2 fully saturated rings. The zero-order chi connectivity index (χ0) is 22.3. The number of hydrogen-bond donors (Lipinski definition) is 2. The van der Waals surface area contributed by atoms with Crippen molar-refractivity contribution in [3.8, 4) is 0 Å². The molecule has 1 heterocycles. The van der Waals surface area contributed by atoms with Crippen LogP contribution in [0.2, 0.25) is 10.0 Å². The molecule has 1 aromatic carbocycles. The third-order valence-corrected chi connectivity index (χ3v) is 6.98. The van der Waals surface area contributed by atoms with Crippen LogP contribution in [0.4, 0.5) is 4.79 Å². The minimum Gasteiger partial charge on any atom is -0.348 e. The second-order valence-corrected chi connectivity index (χ2v) is 10.3. The van der Waals surface area contributed by atoms with Crippen LogP contribution in [0, 0.1) is 11.3 Å². The number of nitrogens with one attached hydrogen (secondary N) is 2. The van der Waals surface area contributed by atoms with Gasteiger partial charge in [0, 0.05) is 10.0 Å². The van der Waals surface area contributed by atoms with Crippen molar-refractivity contribution in [1.29, 1.82) is 0 Å². The molecule has 1 atom stereocenters. The maximum absolute atomic E-state index is 13.1. The predicted molar refractivity (Wildman–Crippen MR) is 117 cm³/mol. The van der Waals surface area contributed by atoms with Gasteiger partial charge in [0.15, 0.2) is 0 Å². The molecule has 1 saturated heterocycles. The molecule has 0 bridgehead atoms. The van der Waals surface area contributed by atoms with Crippen LogP contribution in [-0.4, -0.2) is 34.8 Å². The molecule has 1 spiro atoms. The van der Waals surface area contributed by atoms with Crippen molar-refractivity contribution in [2.45, 2.75) is 65.0 Å². The third kappa shape index (κ3) is 4.59. The van der Waals surface area contributed by atoms with Crippen LogP contribution in [0.5, 0.6) is 0 Å². The van der Waals surface area contributed by atoms with E-state index in [9.17, 15) is 14.4 Å². The fourth-order valence-electron chi connectivity index (χ4n) is 4.50. The van der Waals surface area contributed by atoms with Crippen LogP contribution in [0.3, 0.4) is 0 Å². The maximum Gasteiger partial charge on any atom is 0.325 e. The Labute approximate surface area is 187 Å². The number of carbonyl (C=O) groups excluding carboxylic acids is 3. The predicted octanol–water partition coefficient (Wildman–Crippen LogP) is 4.70. The molecule has 8 heteroatoms. The zero-order valence-electron chi connectivity index (χ0n) is 17.9. The van der Waals surface area contributed by atoms with Crippen LogP contribution in [-0.2, 0) is 9.59 Å². The van der Waals surface area contributed by atoms with Crippen molar-refractivity contribution in [2.24, 2.45) is 11.3 Å². The molecule has 30 heavy (non-hydrogen) atoms. The molecule has 6 nitrogen and oxygen atoms in total. The molecule has 1 saturated carbocycles. The van der Waals surface area contributed by atoms with E-state index < -0.39 is 17.5 Å². The fourth-order valence-corrected chi connectivity index (χ4v) is 5.07. The van der Waals surface area contributed by atoms with Gasteiger partial charge >= 0.3 is 6.03 Å². The van der Waals surface area contributed by atoms with Crippen LogP contribution in [0.1, 0.15) is 65.0 Å². The minimum absolute atomic E-state index is 0.173. The van der Waals surface area contributed by atoms with E-state index in [1.807, 2.05) is 0 Å². The van der Waals surface area contributed by atoms with E-state index in [2.05, 4.69) is 31.4 Å². The number of amides is 4. The van der Waals surface area contributed by atoms with Gasteiger partial charge in [-0.3, -0.25) is 14.5 Å². The first kappa shape index (κ1) is 22.9. The molecule has 164 valence electrons.